The molecular formula is C10H14BrNO. The van der Waals surface area contributed by atoms with E-state index in [4.69, 9.17) is 4.74 Å². The molecule has 1 aromatic carbocycles. The summed E-state index contributed by atoms with van der Waals surface area (Å²) in [4.78, 5) is 2.12. The Morgan fingerprint density at radius 2 is 2.08 bits per heavy atom. The normalized spacial score (nSPS) is 10.5. The van der Waals surface area contributed by atoms with Crippen LogP contribution in [0.5, 0.6) is 5.75 Å². The first-order valence-corrected chi connectivity index (χ1v) is 4.90. The van der Waals surface area contributed by atoms with Crippen LogP contribution in [0.4, 0.5) is 0 Å². The van der Waals surface area contributed by atoms with Gasteiger partial charge in [-0.05, 0) is 32.3 Å². The number of nitrogens with zero attached hydrogens (tertiary/aromatic N) is 1. The van der Waals surface area contributed by atoms with Gasteiger partial charge in [-0.1, -0.05) is 15.9 Å². The fourth-order valence-electron chi connectivity index (χ4n) is 1.21. The molecule has 1 rings (SSSR count). The lowest BCUT2D eigenvalue weighted by molar-refractivity contribution is 0.372. The molecular weight excluding hydrogens is 230 g/mol. The summed E-state index contributed by atoms with van der Waals surface area (Å²) in [6, 6.07) is 6.04. The van der Waals surface area contributed by atoms with Gasteiger partial charge in [-0.3, -0.25) is 0 Å². The third-order valence-electron chi connectivity index (χ3n) is 1.73. The first-order valence-electron chi connectivity index (χ1n) is 4.10. The largest absolute Gasteiger partial charge is 0.496 e. The highest BCUT2D eigenvalue weighted by Gasteiger charge is 2.03. The van der Waals surface area contributed by atoms with Gasteiger partial charge in [-0.15, -0.1) is 0 Å². The van der Waals surface area contributed by atoms with Crippen LogP contribution in [-0.2, 0) is 6.54 Å². The molecule has 0 saturated heterocycles. The molecule has 0 bridgehead atoms. The summed E-state index contributed by atoms with van der Waals surface area (Å²) in [5.41, 5.74) is 1.20. The monoisotopic (exact) mass is 243 g/mol. The Balaban J connectivity index is 2.94. The SMILES string of the molecule is COc1ccc(Br)cc1CN(C)C. The lowest BCUT2D eigenvalue weighted by Gasteiger charge is -2.13. The van der Waals surface area contributed by atoms with Gasteiger partial charge in [0.05, 0.1) is 7.11 Å². The molecule has 0 saturated carbocycles. The Labute approximate surface area is 87.6 Å². The van der Waals surface area contributed by atoms with E-state index in [0.717, 1.165) is 16.8 Å². The number of benzene rings is 1. The van der Waals surface area contributed by atoms with Crippen LogP contribution in [0.1, 0.15) is 5.56 Å². The standard InChI is InChI=1S/C10H14BrNO/c1-12(2)7-8-6-9(11)4-5-10(8)13-3/h4-6H,7H2,1-3H3. The maximum absolute atomic E-state index is 5.25. The van der Waals surface area contributed by atoms with Crippen molar-refractivity contribution in [1.29, 1.82) is 0 Å². The number of rotatable bonds is 3. The number of hydrogen-bond donors (Lipinski definition) is 0. The van der Waals surface area contributed by atoms with Crippen LogP contribution in [0.15, 0.2) is 22.7 Å². The molecule has 0 amide bonds. The summed E-state index contributed by atoms with van der Waals surface area (Å²) < 4.78 is 6.34. The van der Waals surface area contributed by atoms with Crippen molar-refractivity contribution in [3.05, 3.63) is 28.2 Å². The molecule has 0 fully saturated rings. The van der Waals surface area contributed by atoms with Gasteiger partial charge in [0.2, 0.25) is 0 Å². The van der Waals surface area contributed by atoms with Gasteiger partial charge in [0.15, 0.2) is 0 Å². The molecule has 0 spiro atoms. The van der Waals surface area contributed by atoms with Crippen molar-refractivity contribution in [2.24, 2.45) is 0 Å². The molecule has 1 aromatic rings. The van der Waals surface area contributed by atoms with E-state index in [2.05, 4.69) is 26.9 Å². The van der Waals surface area contributed by atoms with Gasteiger partial charge in [-0.25, -0.2) is 0 Å². The van der Waals surface area contributed by atoms with Gasteiger partial charge in [0.1, 0.15) is 5.75 Å². The van der Waals surface area contributed by atoms with Crippen molar-refractivity contribution in [2.75, 3.05) is 21.2 Å². The molecule has 13 heavy (non-hydrogen) atoms. The molecule has 0 aromatic heterocycles. The predicted octanol–water partition coefficient (Wildman–Crippen LogP) is 2.52. The van der Waals surface area contributed by atoms with Crippen molar-refractivity contribution in [2.45, 2.75) is 6.54 Å². The second-order valence-corrected chi connectivity index (χ2v) is 4.11. The summed E-state index contributed by atoms with van der Waals surface area (Å²) in [5.74, 6) is 0.942. The summed E-state index contributed by atoms with van der Waals surface area (Å²) in [7, 11) is 5.78. The molecule has 72 valence electrons. The summed E-state index contributed by atoms with van der Waals surface area (Å²) in [5, 5.41) is 0. The predicted molar refractivity (Wildman–Crippen MR) is 58.1 cm³/mol. The molecule has 2 nitrogen and oxygen atoms in total. The van der Waals surface area contributed by atoms with Crippen molar-refractivity contribution in [3.8, 4) is 5.75 Å². The van der Waals surface area contributed by atoms with E-state index in [-0.39, 0.29) is 0 Å². The average molecular weight is 244 g/mol. The number of methoxy groups -OCH3 is 1. The molecule has 0 aliphatic heterocycles. The lowest BCUT2D eigenvalue weighted by atomic mass is 10.2. The third kappa shape index (κ3) is 3.01. The van der Waals surface area contributed by atoms with Gasteiger partial charge in [0.25, 0.3) is 0 Å². The Bertz CT molecular complexity index is 286. The Morgan fingerprint density at radius 1 is 1.38 bits per heavy atom. The molecule has 0 N–H and O–H groups in total. The van der Waals surface area contributed by atoms with Gasteiger partial charge >= 0.3 is 0 Å². The minimum Gasteiger partial charge on any atom is -0.496 e. The van der Waals surface area contributed by atoms with Gasteiger partial charge in [-0.2, -0.15) is 0 Å². The molecule has 0 atom stereocenters. The fraction of sp³-hybridized carbons (Fsp3) is 0.400. The average Bonchev–Trinajstić information content (AvgIpc) is 2.03. The van der Waals surface area contributed by atoms with Crippen molar-refractivity contribution < 1.29 is 4.74 Å². The molecule has 0 unspecified atom stereocenters. The number of halogens is 1. The maximum atomic E-state index is 5.25. The first-order chi connectivity index (χ1) is 6.13. The second kappa shape index (κ2) is 4.63. The van der Waals surface area contributed by atoms with Crippen LogP contribution in [0.2, 0.25) is 0 Å². The van der Waals surface area contributed by atoms with E-state index in [1.165, 1.54) is 5.56 Å². The molecule has 0 heterocycles. The van der Waals surface area contributed by atoms with Crippen LogP contribution in [0, 0.1) is 0 Å². The summed E-state index contributed by atoms with van der Waals surface area (Å²) in [6.07, 6.45) is 0. The molecule has 0 aliphatic carbocycles. The van der Waals surface area contributed by atoms with E-state index in [1.54, 1.807) is 7.11 Å². The van der Waals surface area contributed by atoms with E-state index in [9.17, 15) is 0 Å². The van der Waals surface area contributed by atoms with Crippen LogP contribution < -0.4 is 4.74 Å². The zero-order valence-corrected chi connectivity index (χ0v) is 9.76. The Hall–Kier alpha value is -0.540. The zero-order valence-electron chi connectivity index (χ0n) is 8.17. The zero-order chi connectivity index (χ0) is 9.84. The number of hydrogen-bond acceptors (Lipinski definition) is 2. The van der Waals surface area contributed by atoms with E-state index >= 15 is 0 Å². The lowest BCUT2D eigenvalue weighted by Crippen LogP contribution is -2.11. The molecule has 3 heteroatoms. The molecule has 0 aliphatic rings. The van der Waals surface area contributed by atoms with Crippen LogP contribution in [-0.4, -0.2) is 26.1 Å². The van der Waals surface area contributed by atoms with E-state index in [0.29, 0.717) is 0 Å². The Kier molecular flexibility index (Phi) is 3.75. The van der Waals surface area contributed by atoms with E-state index in [1.807, 2.05) is 26.2 Å². The van der Waals surface area contributed by atoms with Gasteiger partial charge < -0.3 is 9.64 Å². The van der Waals surface area contributed by atoms with Crippen LogP contribution in [0.25, 0.3) is 0 Å². The van der Waals surface area contributed by atoms with Crippen molar-refractivity contribution in [3.63, 3.8) is 0 Å². The second-order valence-electron chi connectivity index (χ2n) is 3.19. The Morgan fingerprint density at radius 3 is 2.62 bits per heavy atom. The maximum Gasteiger partial charge on any atom is 0.123 e. The highest BCUT2D eigenvalue weighted by atomic mass is 79.9. The van der Waals surface area contributed by atoms with Crippen molar-refractivity contribution in [1.82, 2.24) is 4.90 Å². The molecule has 0 radical (unpaired) electrons. The van der Waals surface area contributed by atoms with Crippen molar-refractivity contribution >= 4 is 15.9 Å². The first kappa shape index (κ1) is 10.5. The minimum absolute atomic E-state index is 0.891. The topological polar surface area (TPSA) is 12.5 Å². The van der Waals surface area contributed by atoms with Crippen LogP contribution in [0.3, 0.4) is 0 Å². The fourth-order valence-corrected chi connectivity index (χ4v) is 1.62. The smallest absolute Gasteiger partial charge is 0.123 e. The van der Waals surface area contributed by atoms with Crippen LogP contribution >= 0.6 is 15.9 Å². The van der Waals surface area contributed by atoms with Gasteiger partial charge in [0, 0.05) is 16.6 Å². The quantitative estimate of drug-likeness (QED) is 0.810. The third-order valence-corrected chi connectivity index (χ3v) is 2.22. The number of ether oxygens (including phenoxy) is 1. The highest BCUT2D eigenvalue weighted by Crippen LogP contribution is 2.23. The minimum atomic E-state index is 0.891. The summed E-state index contributed by atoms with van der Waals surface area (Å²) in [6.45, 7) is 0.891. The summed E-state index contributed by atoms with van der Waals surface area (Å²) >= 11 is 3.44. The highest BCUT2D eigenvalue weighted by molar-refractivity contribution is 9.10. The van der Waals surface area contributed by atoms with E-state index < -0.39 is 0 Å².